The van der Waals surface area contributed by atoms with Crippen LogP contribution in [0.3, 0.4) is 0 Å². The Bertz CT molecular complexity index is 386. The summed E-state index contributed by atoms with van der Waals surface area (Å²) in [5.41, 5.74) is 0. The Balaban J connectivity index is 1.91. The zero-order valence-corrected chi connectivity index (χ0v) is 12.8. The summed E-state index contributed by atoms with van der Waals surface area (Å²) < 4.78 is 5.67. The van der Waals surface area contributed by atoms with Gasteiger partial charge < -0.3 is 9.73 Å². The number of rotatable bonds is 5. The maximum absolute atomic E-state index is 5.67. The van der Waals surface area contributed by atoms with Crippen LogP contribution < -0.4 is 5.32 Å². The average molecular weight is 264 g/mol. The predicted octanol–water partition coefficient (Wildman–Crippen LogP) is 3.79. The second kappa shape index (κ2) is 6.56. The Kier molecular flexibility index (Phi) is 5.03. The first-order chi connectivity index (χ1) is 9.10. The van der Waals surface area contributed by atoms with E-state index in [9.17, 15) is 0 Å². The van der Waals surface area contributed by atoms with E-state index in [0.717, 1.165) is 42.4 Å². The zero-order chi connectivity index (χ0) is 13.8. The second-order valence-corrected chi connectivity index (χ2v) is 6.39. The molecule has 0 aromatic carbocycles. The summed E-state index contributed by atoms with van der Waals surface area (Å²) in [4.78, 5) is 4.33. The molecule has 1 N–H and O–H groups in total. The molecule has 108 valence electrons. The lowest BCUT2D eigenvalue weighted by atomic mass is 9.74. The standard InChI is InChI=1S/C16H28N2O/c1-5-13-9-18-16(19-13)10-17-15-8-12(4)6-7-14(15)11(2)3/h9,11-12,14-15,17H,5-8,10H2,1-4H3. The fourth-order valence-corrected chi connectivity index (χ4v) is 3.25. The summed E-state index contributed by atoms with van der Waals surface area (Å²) in [6, 6.07) is 0.612. The highest BCUT2D eigenvalue weighted by Gasteiger charge is 2.30. The first kappa shape index (κ1) is 14.6. The van der Waals surface area contributed by atoms with Gasteiger partial charge in [0.2, 0.25) is 5.89 Å². The summed E-state index contributed by atoms with van der Waals surface area (Å²) in [6.07, 6.45) is 6.77. The number of oxazole rings is 1. The third-order valence-electron chi connectivity index (χ3n) is 4.49. The van der Waals surface area contributed by atoms with Crippen LogP contribution in [-0.2, 0) is 13.0 Å². The highest BCUT2D eigenvalue weighted by atomic mass is 16.4. The highest BCUT2D eigenvalue weighted by Crippen LogP contribution is 2.33. The Morgan fingerprint density at radius 1 is 1.42 bits per heavy atom. The first-order valence-corrected chi connectivity index (χ1v) is 7.77. The Morgan fingerprint density at radius 2 is 2.21 bits per heavy atom. The molecule has 1 saturated carbocycles. The average Bonchev–Trinajstić information content (AvgIpc) is 2.84. The molecule has 3 atom stereocenters. The molecular weight excluding hydrogens is 236 g/mol. The fraction of sp³-hybridized carbons (Fsp3) is 0.812. The first-order valence-electron chi connectivity index (χ1n) is 7.77. The van der Waals surface area contributed by atoms with Gasteiger partial charge in [0.1, 0.15) is 5.76 Å². The molecule has 1 fully saturated rings. The van der Waals surface area contributed by atoms with Crippen molar-refractivity contribution in [3.63, 3.8) is 0 Å². The van der Waals surface area contributed by atoms with Crippen molar-refractivity contribution in [1.29, 1.82) is 0 Å². The van der Waals surface area contributed by atoms with E-state index in [1.54, 1.807) is 0 Å². The predicted molar refractivity (Wildman–Crippen MR) is 77.9 cm³/mol. The third kappa shape index (κ3) is 3.82. The summed E-state index contributed by atoms with van der Waals surface area (Å²) in [5.74, 6) is 4.19. The molecule has 0 radical (unpaired) electrons. The lowest BCUT2D eigenvalue weighted by molar-refractivity contribution is 0.166. The van der Waals surface area contributed by atoms with E-state index in [-0.39, 0.29) is 0 Å². The summed E-state index contributed by atoms with van der Waals surface area (Å²) >= 11 is 0. The third-order valence-corrected chi connectivity index (χ3v) is 4.49. The van der Waals surface area contributed by atoms with Crippen LogP contribution in [0.2, 0.25) is 0 Å². The SMILES string of the molecule is CCc1cnc(CNC2CC(C)CCC2C(C)C)o1. The van der Waals surface area contributed by atoms with Gasteiger partial charge in [-0.3, -0.25) is 0 Å². The molecule has 1 aliphatic carbocycles. The van der Waals surface area contributed by atoms with Crippen LogP contribution in [0.4, 0.5) is 0 Å². The van der Waals surface area contributed by atoms with Crippen LogP contribution in [0.5, 0.6) is 0 Å². The van der Waals surface area contributed by atoms with Crippen molar-refractivity contribution in [2.45, 2.75) is 66.0 Å². The number of nitrogens with one attached hydrogen (secondary N) is 1. The van der Waals surface area contributed by atoms with Gasteiger partial charge in [-0.05, 0) is 30.6 Å². The van der Waals surface area contributed by atoms with Crippen LogP contribution in [0.1, 0.15) is 58.6 Å². The van der Waals surface area contributed by atoms with Crippen molar-refractivity contribution in [2.75, 3.05) is 0 Å². The van der Waals surface area contributed by atoms with Gasteiger partial charge in [0.15, 0.2) is 0 Å². The maximum Gasteiger partial charge on any atom is 0.208 e. The van der Waals surface area contributed by atoms with Gasteiger partial charge in [0.05, 0.1) is 12.7 Å². The minimum absolute atomic E-state index is 0.612. The molecule has 3 unspecified atom stereocenters. The lowest BCUT2D eigenvalue weighted by Crippen LogP contribution is -2.42. The zero-order valence-electron chi connectivity index (χ0n) is 12.8. The van der Waals surface area contributed by atoms with Gasteiger partial charge in [-0.2, -0.15) is 0 Å². The van der Waals surface area contributed by atoms with Gasteiger partial charge >= 0.3 is 0 Å². The van der Waals surface area contributed by atoms with Crippen LogP contribution >= 0.6 is 0 Å². The molecule has 19 heavy (non-hydrogen) atoms. The van der Waals surface area contributed by atoms with Crippen molar-refractivity contribution >= 4 is 0 Å². The fourth-order valence-electron chi connectivity index (χ4n) is 3.25. The van der Waals surface area contributed by atoms with E-state index in [1.807, 2.05) is 6.20 Å². The number of aromatic nitrogens is 1. The molecule has 0 amide bonds. The summed E-state index contributed by atoms with van der Waals surface area (Å²) in [5, 5.41) is 3.68. The van der Waals surface area contributed by atoms with Crippen molar-refractivity contribution in [3.05, 3.63) is 17.8 Å². The number of hydrogen-bond donors (Lipinski definition) is 1. The van der Waals surface area contributed by atoms with Crippen molar-refractivity contribution in [1.82, 2.24) is 10.3 Å². The minimum atomic E-state index is 0.612. The van der Waals surface area contributed by atoms with E-state index < -0.39 is 0 Å². The molecule has 0 bridgehead atoms. The van der Waals surface area contributed by atoms with E-state index in [4.69, 9.17) is 4.42 Å². The van der Waals surface area contributed by atoms with Gasteiger partial charge in [0, 0.05) is 12.5 Å². The smallest absolute Gasteiger partial charge is 0.208 e. The topological polar surface area (TPSA) is 38.1 Å². The van der Waals surface area contributed by atoms with Gasteiger partial charge in [-0.1, -0.05) is 34.1 Å². The minimum Gasteiger partial charge on any atom is -0.444 e. The normalized spacial score (nSPS) is 27.9. The lowest BCUT2D eigenvalue weighted by Gasteiger charge is -2.37. The number of hydrogen-bond acceptors (Lipinski definition) is 3. The highest BCUT2D eigenvalue weighted by molar-refractivity contribution is 4.94. The van der Waals surface area contributed by atoms with Gasteiger partial charge in [0.25, 0.3) is 0 Å². The van der Waals surface area contributed by atoms with E-state index in [0.29, 0.717) is 6.04 Å². The van der Waals surface area contributed by atoms with Gasteiger partial charge in [-0.25, -0.2) is 4.98 Å². The molecule has 1 aliphatic rings. The van der Waals surface area contributed by atoms with Crippen molar-refractivity contribution in [3.8, 4) is 0 Å². The number of aryl methyl sites for hydroxylation is 1. The molecule has 0 aliphatic heterocycles. The monoisotopic (exact) mass is 264 g/mol. The summed E-state index contributed by atoms with van der Waals surface area (Å²) in [7, 11) is 0. The second-order valence-electron chi connectivity index (χ2n) is 6.39. The Labute approximate surface area is 117 Å². The molecule has 2 rings (SSSR count). The van der Waals surface area contributed by atoms with E-state index in [1.165, 1.54) is 19.3 Å². The molecule has 0 spiro atoms. The molecular formula is C16H28N2O. The summed E-state index contributed by atoms with van der Waals surface area (Å²) in [6.45, 7) is 9.91. The molecule has 1 heterocycles. The largest absolute Gasteiger partial charge is 0.444 e. The van der Waals surface area contributed by atoms with Crippen molar-refractivity contribution < 1.29 is 4.42 Å². The van der Waals surface area contributed by atoms with Crippen LogP contribution in [0.15, 0.2) is 10.6 Å². The van der Waals surface area contributed by atoms with Gasteiger partial charge in [-0.15, -0.1) is 0 Å². The molecule has 3 heteroatoms. The quantitative estimate of drug-likeness (QED) is 0.879. The number of nitrogens with zero attached hydrogens (tertiary/aromatic N) is 1. The van der Waals surface area contributed by atoms with Crippen molar-refractivity contribution in [2.24, 2.45) is 17.8 Å². The molecule has 1 aromatic heterocycles. The van der Waals surface area contributed by atoms with Crippen LogP contribution in [-0.4, -0.2) is 11.0 Å². The molecule has 0 saturated heterocycles. The van der Waals surface area contributed by atoms with Crippen LogP contribution in [0, 0.1) is 17.8 Å². The molecule has 1 aromatic rings. The van der Waals surface area contributed by atoms with Crippen LogP contribution in [0.25, 0.3) is 0 Å². The Morgan fingerprint density at radius 3 is 2.84 bits per heavy atom. The molecule has 3 nitrogen and oxygen atoms in total. The Hall–Kier alpha value is -0.830. The van der Waals surface area contributed by atoms with E-state index >= 15 is 0 Å². The van der Waals surface area contributed by atoms with E-state index in [2.05, 4.69) is 38.0 Å². The maximum atomic E-state index is 5.67.